The zero-order chi connectivity index (χ0) is 16.3. The van der Waals surface area contributed by atoms with E-state index < -0.39 is 19.0 Å². The van der Waals surface area contributed by atoms with E-state index in [0.29, 0.717) is 17.7 Å². The molecule has 0 saturated heterocycles. The molecule has 0 aliphatic carbocycles. The quantitative estimate of drug-likeness (QED) is 0.615. The molecule has 2 N–H and O–H groups in total. The zero-order valence-electron chi connectivity index (χ0n) is 12.7. The number of amides is 1. The molecular weight excluding hydrogens is 289 g/mol. The summed E-state index contributed by atoms with van der Waals surface area (Å²) in [5, 5.41) is 12.6. The predicted molar refractivity (Wildman–Crippen MR) is 78.9 cm³/mol. The van der Waals surface area contributed by atoms with Gasteiger partial charge in [0.2, 0.25) is 5.91 Å². The van der Waals surface area contributed by atoms with Crippen LogP contribution < -0.4 is 14.7 Å². The van der Waals surface area contributed by atoms with Gasteiger partial charge in [-0.2, -0.15) is 0 Å². The Morgan fingerprint density at radius 3 is 2.82 bits per heavy atom. The highest BCUT2D eigenvalue weighted by Crippen LogP contribution is 2.36. The lowest BCUT2D eigenvalue weighted by atomic mass is 9.72. The fraction of sp³-hybridized carbons (Fsp3) is 0.429. The van der Waals surface area contributed by atoms with Gasteiger partial charge in [-0.15, -0.1) is 0 Å². The van der Waals surface area contributed by atoms with Gasteiger partial charge in [-0.3, -0.25) is 4.79 Å². The van der Waals surface area contributed by atoms with Crippen molar-refractivity contribution in [3.8, 4) is 11.5 Å². The van der Waals surface area contributed by atoms with Gasteiger partial charge in [0.05, 0.1) is 19.7 Å². The molecule has 1 aromatic rings. The van der Waals surface area contributed by atoms with Gasteiger partial charge in [0, 0.05) is 6.92 Å². The van der Waals surface area contributed by atoms with E-state index in [0.717, 1.165) is 0 Å². The van der Waals surface area contributed by atoms with Crippen LogP contribution in [0.2, 0.25) is 0 Å². The molecule has 0 radical (unpaired) electrons. The maximum atomic E-state index is 12.1. The van der Waals surface area contributed by atoms with Gasteiger partial charge in [-0.25, -0.2) is 4.79 Å². The number of esters is 1. The Balaban J connectivity index is 2.41. The third-order valence-electron chi connectivity index (χ3n) is 3.31. The van der Waals surface area contributed by atoms with Crippen molar-refractivity contribution in [3.63, 3.8) is 0 Å². The van der Waals surface area contributed by atoms with E-state index in [2.05, 4.69) is 5.32 Å². The van der Waals surface area contributed by atoms with Crippen molar-refractivity contribution in [3.05, 3.63) is 23.3 Å². The Kier molecular flexibility index (Phi) is 4.92. The number of ether oxygens (including phenoxy) is 2. The van der Waals surface area contributed by atoms with Crippen LogP contribution in [0.4, 0.5) is 0 Å². The highest BCUT2D eigenvalue weighted by molar-refractivity contribution is 6.47. The fourth-order valence-corrected chi connectivity index (χ4v) is 2.39. The lowest BCUT2D eigenvalue weighted by Crippen LogP contribution is -2.52. The van der Waals surface area contributed by atoms with Crippen molar-refractivity contribution in [1.82, 2.24) is 5.32 Å². The molecular formula is C14H18BNO6. The summed E-state index contributed by atoms with van der Waals surface area (Å²) >= 11 is 0. The molecule has 0 spiro atoms. The van der Waals surface area contributed by atoms with E-state index in [4.69, 9.17) is 14.1 Å². The summed E-state index contributed by atoms with van der Waals surface area (Å²) in [7, 11) is 0.181. The summed E-state index contributed by atoms with van der Waals surface area (Å²) in [6, 6.07) is 3.37. The van der Waals surface area contributed by atoms with Gasteiger partial charge in [0.25, 0.3) is 0 Å². The van der Waals surface area contributed by atoms with Gasteiger partial charge in [0.1, 0.15) is 17.1 Å². The Labute approximate surface area is 128 Å². The summed E-state index contributed by atoms with van der Waals surface area (Å²) in [5.74, 6) is -0.890. The molecule has 2 rings (SSSR count). The fourth-order valence-electron chi connectivity index (χ4n) is 2.39. The molecule has 0 aromatic heterocycles. The Morgan fingerprint density at radius 2 is 2.23 bits per heavy atom. The number of carbonyl (C=O) groups excluding carboxylic acids is 2. The van der Waals surface area contributed by atoms with Crippen LogP contribution in [0.15, 0.2) is 12.1 Å². The molecule has 1 amide bonds. The number of carbonyl (C=O) groups is 2. The second kappa shape index (κ2) is 6.70. The van der Waals surface area contributed by atoms with Crippen LogP contribution in [0.5, 0.6) is 11.5 Å². The first-order valence-corrected chi connectivity index (χ1v) is 6.96. The van der Waals surface area contributed by atoms with E-state index in [-0.39, 0.29) is 23.8 Å². The van der Waals surface area contributed by atoms with Gasteiger partial charge in [-0.1, -0.05) is 6.07 Å². The van der Waals surface area contributed by atoms with Crippen LogP contribution in [0, 0.1) is 0 Å². The largest absolute Gasteiger partial charge is 0.547 e. The number of nitrogens with one attached hydrogen (secondary N) is 1. The molecule has 1 aliphatic heterocycles. The molecule has 0 fully saturated rings. The van der Waals surface area contributed by atoms with Gasteiger partial charge in [0.15, 0.2) is 0 Å². The summed E-state index contributed by atoms with van der Waals surface area (Å²) in [6.07, 6.45) is 0.340. The van der Waals surface area contributed by atoms with Crippen LogP contribution in [0.3, 0.4) is 0 Å². The molecule has 7 nitrogen and oxygen atoms in total. The molecule has 118 valence electrons. The topological polar surface area (TPSA) is 94.1 Å². The molecule has 1 unspecified atom stereocenters. The number of fused-ring (bicyclic) bond motifs is 1. The SMILES string of the molecule is CCOC(=O)c1c(OC)ccc2c1OB(O)C(NC(C)=O)C2. The molecule has 1 heterocycles. The number of methoxy groups -OCH3 is 1. The highest BCUT2D eigenvalue weighted by atomic mass is 16.5. The Bertz CT molecular complexity index is 591. The minimum Gasteiger partial charge on any atom is -0.534 e. The van der Waals surface area contributed by atoms with Crippen molar-refractivity contribution >= 4 is 19.0 Å². The molecule has 0 bridgehead atoms. The normalized spacial score (nSPS) is 16.4. The summed E-state index contributed by atoms with van der Waals surface area (Å²) in [5.41, 5.74) is 0.829. The van der Waals surface area contributed by atoms with Crippen LogP contribution in [-0.2, 0) is 16.0 Å². The lowest BCUT2D eigenvalue weighted by molar-refractivity contribution is -0.119. The van der Waals surface area contributed by atoms with Crippen molar-refractivity contribution in [2.24, 2.45) is 0 Å². The highest BCUT2D eigenvalue weighted by Gasteiger charge is 2.38. The minimum absolute atomic E-state index is 0.141. The monoisotopic (exact) mass is 307 g/mol. The second-order valence-electron chi connectivity index (χ2n) is 4.87. The predicted octanol–water partition coefficient (Wildman–Crippen LogP) is 0.331. The lowest BCUT2D eigenvalue weighted by Gasteiger charge is -2.29. The maximum absolute atomic E-state index is 12.1. The second-order valence-corrected chi connectivity index (χ2v) is 4.87. The van der Waals surface area contributed by atoms with Gasteiger partial charge >= 0.3 is 13.1 Å². The molecule has 1 aliphatic rings. The van der Waals surface area contributed by atoms with Crippen molar-refractivity contribution in [1.29, 1.82) is 0 Å². The van der Waals surface area contributed by atoms with Crippen LogP contribution in [0.25, 0.3) is 0 Å². The van der Waals surface area contributed by atoms with Gasteiger partial charge < -0.3 is 24.5 Å². The van der Waals surface area contributed by atoms with E-state index >= 15 is 0 Å². The Morgan fingerprint density at radius 1 is 1.50 bits per heavy atom. The number of hydrogen-bond donors (Lipinski definition) is 2. The molecule has 22 heavy (non-hydrogen) atoms. The average molecular weight is 307 g/mol. The van der Waals surface area contributed by atoms with E-state index in [1.165, 1.54) is 14.0 Å². The summed E-state index contributed by atoms with van der Waals surface area (Å²) in [4.78, 5) is 23.3. The third-order valence-corrected chi connectivity index (χ3v) is 3.31. The molecule has 0 saturated carbocycles. The summed E-state index contributed by atoms with van der Waals surface area (Å²) < 4.78 is 15.6. The molecule has 1 aromatic carbocycles. The Hall–Kier alpha value is -2.22. The smallest absolute Gasteiger partial charge is 0.534 e. The van der Waals surface area contributed by atoms with E-state index in [1.807, 2.05) is 0 Å². The zero-order valence-corrected chi connectivity index (χ0v) is 12.7. The first-order valence-electron chi connectivity index (χ1n) is 6.96. The first kappa shape index (κ1) is 16.2. The average Bonchev–Trinajstić information content (AvgIpc) is 2.46. The molecule has 8 heteroatoms. The number of hydrogen-bond acceptors (Lipinski definition) is 6. The summed E-state index contributed by atoms with van der Waals surface area (Å²) in [6.45, 7) is 3.27. The van der Waals surface area contributed by atoms with E-state index in [1.54, 1.807) is 19.1 Å². The van der Waals surface area contributed by atoms with Crippen LogP contribution in [0.1, 0.15) is 29.8 Å². The first-order chi connectivity index (χ1) is 10.5. The number of rotatable bonds is 4. The standard InChI is InChI=1S/C14H18BNO6/c1-4-21-14(18)12-10(20-3)6-5-9-7-11(16-8(2)17)15(19)22-13(9)12/h5-6,11,19H,4,7H2,1-3H3,(H,16,17). The van der Waals surface area contributed by atoms with E-state index in [9.17, 15) is 14.6 Å². The molecule has 1 atom stereocenters. The third kappa shape index (κ3) is 3.17. The van der Waals surface area contributed by atoms with Crippen LogP contribution in [-0.4, -0.2) is 43.7 Å². The van der Waals surface area contributed by atoms with Crippen LogP contribution >= 0.6 is 0 Å². The minimum atomic E-state index is -1.25. The van der Waals surface area contributed by atoms with Crippen molar-refractivity contribution in [2.75, 3.05) is 13.7 Å². The maximum Gasteiger partial charge on any atom is 0.547 e. The van der Waals surface area contributed by atoms with Gasteiger partial charge in [-0.05, 0) is 25.0 Å². The van der Waals surface area contributed by atoms with Crippen molar-refractivity contribution < 1.29 is 28.7 Å². The number of benzene rings is 1. The van der Waals surface area contributed by atoms with Crippen molar-refractivity contribution in [2.45, 2.75) is 26.2 Å².